The molecule has 23 heavy (non-hydrogen) atoms. The molecule has 3 rings (SSSR count). The molecule has 0 aromatic heterocycles. The van der Waals surface area contributed by atoms with E-state index in [0.717, 1.165) is 0 Å². The normalized spacial score (nSPS) is 12.9. The van der Waals surface area contributed by atoms with Gasteiger partial charge >= 0.3 is 7.12 Å². The van der Waals surface area contributed by atoms with Gasteiger partial charge < -0.3 is 19.7 Å². The number of halogens is 1. The zero-order valence-corrected chi connectivity index (χ0v) is 12.3. The number of para-hydroxylation sites is 1. The fourth-order valence-corrected chi connectivity index (χ4v) is 2.36. The molecule has 1 amide bonds. The van der Waals surface area contributed by atoms with E-state index in [1.807, 2.05) is 30.3 Å². The first-order valence-corrected chi connectivity index (χ1v) is 7.23. The summed E-state index contributed by atoms with van der Waals surface area (Å²) in [6.45, 7) is 0.650. The summed E-state index contributed by atoms with van der Waals surface area (Å²) in [7, 11) is -1.11. The fourth-order valence-electron chi connectivity index (χ4n) is 2.36. The van der Waals surface area contributed by atoms with Gasteiger partial charge in [0, 0.05) is 0 Å². The lowest BCUT2D eigenvalue weighted by molar-refractivity contribution is 0.0943. The first-order chi connectivity index (χ1) is 11.1. The number of rotatable bonds is 5. The summed E-state index contributed by atoms with van der Waals surface area (Å²) in [5, 5.41) is 12.2. The van der Waals surface area contributed by atoms with Crippen molar-refractivity contribution in [2.75, 3.05) is 13.2 Å². The van der Waals surface area contributed by atoms with E-state index in [4.69, 9.17) is 9.39 Å². The second-order valence-corrected chi connectivity index (χ2v) is 5.11. The van der Waals surface area contributed by atoms with Gasteiger partial charge in [0.15, 0.2) is 0 Å². The largest absolute Gasteiger partial charge is 0.492 e. The van der Waals surface area contributed by atoms with Crippen LogP contribution in [0.1, 0.15) is 15.9 Å². The van der Waals surface area contributed by atoms with Gasteiger partial charge in [-0.15, -0.1) is 0 Å². The van der Waals surface area contributed by atoms with E-state index in [1.165, 1.54) is 12.1 Å². The number of ether oxygens (including phenoxy) is 1. The minimum absolute atomic E-state index is 0.118. The highest BCUT2D eigenvalue weighted by molar-refractivity contribution is 6.61. The summed E-state index contributed by atoms with van der Waals surface area (Å²) < 4.78 is 24.4. The van der Waals surface area contributed by atoms with Gasteiger partial charge in [-0.25, -0.2) is 4.39 Å². The lowest BCUT2D eigenvalue weighted by Crippen LogP contribution is -2.33. The maximum atomic E-state index is 14.0. The number of benzene rings is 2. The minimum Gasteiger partial charge on any atom is -0.492 e. The molecule has 2 aromatic rings. The zero-order chi connectivity index (χ0) is 16.2. The van der Waals surface area contributed by atoms with Gasteiger partial charge in [-0.1, -0.05) is 18.2 Å². The van der Waals surface area contributed by atoms with Crippen molar-refractivity contribution in [2.24, 2.45) is 0 Å². The summed E-state index contributed by atoms with van der Waals surface area (Å²) in [5.74, 6) is -0.491. The Labute approximate surface area is 133 Å². The molecule has 5 nitrogen and oxygen atoms in total. The van der Waals surface area contributed by atoms with E-state index in [9.17, 15) is 14.2 Å². The molecule has 0 aliphatic carbocycles. The number of hydrogen-bond donors (Lipinski definition) is 2. The van der Waals surface area contributed by atoms with Crippen LogP contribution in [0.15, 0.2) is 42.5 Å². The van der Waals surface area contributed by atoms with Crippen molar-refractivity contribution in [3.05, 3.63) is 59.4 Å². The Hall–Kier alpha value is -2.38. The Bertz CT molecular complexity index is 711. The summed E-state index contributed by atoms with van der Waals surface area (Å²) >= 11 is 0. The summed E-state index contributed by atoms with van der Waals surface area (Å²) in [6, 6.07) is 11.7. The van der Waals surface area contributed by atoms with Crippen LogP contribution in [-0.2, 0) is 11.3 Å². The van der Waals surface area contributed by atoms with Gasteiger partial charge in [-0.3, -0.25) is 4.79 Å². The second kappa shape index (κ2) is 6.81. The quantitative estimate of drug-likeness (QED) is 0.634. The maximum absolute atomic E-state index is 14.0. The molecule has 0 fully saturated rings. The highest BCUT2D eigenvalue weighted by atomic mass is 19.1. The Balaban J connectivity index is 1.57. The predicted molar refractivity (Wildman–Crippen MR) is 83.1 cm³/mol. The lowest BCUT2D eigenvalue weighted by Gasteiger charge is -2.09. The monoisotopic (exact) mass is 315 g/mol. The number of amides is 1. The highest BCUT2D eigenvalue weighted by Crippen LogP contribution is 2.15. The van der Waals surface area contributed by atoms with Crippen LogP contribution in [0.5, 0.6) is 5.75 Å². The van der Waals surface area contributed by atoms with Crippen LogP contribution in [0, 0.1) is 5.82 Å². The Morgan fingerprint density at radius 3 is 2.91 bits per heavy atom. The molecule has 0 spiro atoms. The van der Waals surface area contributed by atoms with Gasteiger partial charge in [0.05, 0.1) is 18.7 Å². The summed E-state index contributed by atoms with van der Waals surface area (Å²) in [6.07, 6.45) is 0. The molecule has 7 heteroatoms. The number of nitrogens with one attached hydrogen (secondary N) is 1. The Morgan fingerprint density at radius 2 is 2.13 bits per heavy atom. The lowest BCUT2D eigenvalue weighted by atomic mass is 9.78. The van der Waals surface area contributed by atoms with Gasteiger partial charge in [-0.05, 0) is 35.3 Å². The average Bonchev–Trinajstić information content (AvgIpc) is 2.92. The third-order valence-electron chi connectivity index (χ3n) is 3.54. The van der Waals surface area contributed by atoms with Gasteiger partial charge in [0.25, 0.3) is 5.91 Å². The Kier molecular flexibility index (Phi) is 4.59. The fraction of sp³-hybridized carbons (Fsp3) is 0.188. The van der Waals surface area contributed by atoms with E-state index in [2.05, 4.69) is 5.32 Å². The van der Waals surface area contributed by atoms with Crippen molar-refractivity contribution < 1.29 is 23.6 Å². The van der Waals surface area contributed by atoms with E-state index in [-0.39, 0.29) is 25.3 Å². The molecular formula is C16H15BFNO4. The van der Waals surface area contributed by atoms with Gasteiger partial charge in [0.2, 0.25) is 0 Å². The molecule has 118 valence electrons. The van der Waals surface area contributed by atoms with Crippen LogP contribution in [0.3, 0.4) is 0 Å². The SMILES string of the molecule is O=C(NCCOc1ccccc1)c1cc2c(cc1F)COB2O. The first-order valence-electron chi connectivity index (χ1n) is 7.23. The van der Waals surface area contributed by atoms with Crippen molar-refractivity contribution in [2.45, 2.75) is 6.61 Å². The van der Waals surface area contributed by atoms with Crippen LogP contribution >= 0.6 is 0 Å². The molecule has 0 atom stereocenters. The van der Waals surface area contributed by atoms with Crippen molar-refractivity contribution in [3.8, 4) is 5.75 Å². The van der Waals surface area contributed by atoms with E-state index in [1.54, 1.807) is 0 Å². The first kappa shape index (κ1) is 15.5. The number of fused-ring (bicyclic) bond motifs is 1. The third-order valence-corrected chi connectivity index (χ3v) is 3.54. The molecule has 0 radical (unpaired) electrons. The van der Waals surface area contributed by atoms with Gasteiger partial charge in [0.1, 0.15) is 18.2 Å². The van der Waals surface area contributed by atoms with E-state index in [0.29, 0.717) is 16.8 Å². The standard InChI is InChI=1S/C16H15BFNO4/c18-15-8-11-10-23-17(21)14(11)9-13(15)16(20)19-6-7-22-12-4-2-1-3-5-12/h1-5,8-9,21H,6-7,10H2,(H,19,20). The molecule has 0 bridgehead atoms. The smallest absolute Gasteiger partial charge is 0.491 e. The predicted octanol–water partition coefficient (Wildman–Crippen LogP) is 0.852. The molecule has 0 unspecified atom stereocenters. The Morgan fingerprint density at radius 1 is 1.35 bits per heavy atom. The molecular weight excluding hydrogens is 300 g/mol. The van der Waals surface area contributed by atoms with Crippen molar-refractivity contribution in [3.63, 3.8) is 0 Å². The number of carbonyl (C=O) groups is 1. The van der Waals surface area contributed by atoms with Crippen molar-refractivity contribution >= 4 is 18.5 Å². The van der Waals surface area contributed by atoms with Crippen LogP contribution in [-0.4, -0.2) is 31.2 Å². The van der Waals surface area contributed by atoms with Gasteiger partial charge in [-0.2, -0.15) is 0 Å². The molecule has 0 saturated heterocycles. The molecule has 1 aliphatic heterocycles. The van der Waals surface area contributed by atoms with Crippen LogP contribution < -0.4 is 15.5 Å². The molecule has 2 N–H and O–H groups in total. The van der Waals surface area contributed by atoms with Crippen LogP contribution in [0.2, 0.25) is 0 Å². The molecule has 2 aromatic carbocycles. The zero-order valence-electron chi connectivity index (χ0n) is 12.3. The average molecular weight is 315 g/mol. The molecule has 1 aliphatic rings. The summed E-state index contributed by atoms with van der Waals surface area (Å²) in [5.41, 5.74) is 0.865. The minimum atomic E-state index is -1.11. The number of hydrogen-bond acceptors (Lipinski definition) is 4. The van der Waals surface area contributed by atoms with E-state index < -0.39 is 18.8 Å². The second-order valence-electron chi connectivity index (χ2n) is 5.11. The van der Waals surface area contributed by atoms with Crippen LogP contribution in [0.25, 0.3) is 0 Å². The highest BCUT2D eigenvalue weighted by Gasteiger charge is 2.29. The van der Waals surface area contributed by atoms with E-state index >= 15 is 0 Å². The van der Waals surface area contributed by atoms with Crippen molar-refractivity contribution in [1.82, 2.24) is 5.32 Å². The maximum Gasteiger partial charge on any atom is 0.491 e. The van der Waals surface area contributed by atoms with Crippen molar-refractivity contribution in [1.29, 1.82) is 0 Å². The van der Waals surface area contributed by atoms with Crippen LogP contribution in [0.4, 0.5) is 4.39 Å². The third kappa shape index (κ3) is 3.52. The molecule has 1 heterocycles. The summed E-state index contributed by atoms with van der Waals surface area (Å²) in [4.78, 5) is 12.1. The molecule has 0 saturated carbocycles. The topological polar surface area (TPSA) is 67.8 Å². The number of carbonyl (C=O) groups excluding carboxylic acids is 1.